The minimum atomic E-state index is -0.162. The summed E-state index contributed by atoms with van der Waals surface area (Å²) in [5.74, 6) is 0. The van der Waals surface area contributed by atoms with Crippen LogP contribution in [0.25, 0.3) is 0 Å². The fourth-order valence-electron chi connectivity index (χ4n) is 3.36. The number of methoxy groups -OCH3 is 1. The van der Waals surface area contributed by atoms with Crippen molar-refractivity contribution < 1.29 is 14.6 Å². The Morgan fingerprint density at radius 1 is 0.692 bits per heavy atom. The van der Waals surface area contributed by atoms with Gasteiger partial charge >= 0.3 is 0 Å². The van der Waals surface area contributed by atoms with Gasteiger partial charge in [-0.1, -0.05) is 97.3 Å². The second-order valence-corrected chi connectivity index (χ2v) is 8.36. The van der Waals surface area contributed by atoms with Crippen LogP contribution in [0.4, 0.5) is 0 Å². The first-order valence-electron chi connectivity index (χ1n) is 11.4. The predicted molar refractivity (Wildman–Crippen MR) is 113 cm³/mol. The largest absolute Gasteiger partial charge is 0.396 e. The second kappa shape index (κ2) is 19.6. The molecule has 0 heterocycles. The molecule has 26 heavy (non-hydrogen) atoms. The molecule has 0 amide bonds. The minimum Gasteiger partial charge on any atom is -0.396 e. The molecule has 0 bridgehead atoms. The van der Waals surface area contributed by atoms with E-state index in [9.17, 15) is 5.11 Å². The van der Waals surface area contributed by atoms with E-state index in [4.69, 9.17) is 9.47 Å². The molecule has 158 valence electrons. The van der Waals surface area contributed by atoms with Gasteiger partial charge in [-0.25, -0.2) is 0 Å². The van der Waals surface area contributed by atoms with Crippen molar-refractivity contribution in [3.8, 4) is 0 Å². The molecule has 0 aromatic carbocycles. The van der Waals surface area contributed by atoms with Crippen molar-refractivity contribution in [3.63, 3.8) is 0 Å². The van der Waals surface area contributed by atoms with Gasteiger partial charge in [-0.15, -0.1) is 0 Å². The quantitative estimate of drug-likeness (QED) is 0.233. The molecule has 1 N–H and O–H groups in total. The van der Waals surface area contributed by atoms with E-state index in [1.807, 2.05) is 6.92 Å². The summed E-state index contributed by atoms with van der Waals surface area (Å²) in [7, 11) is 1.68. The lowest BCUT2D eigenvalue weighted by atomic mass is 9.89. The van der Waals surface area contributed by atoms with E-state index in [1.165, 1.54) is 83.5 Å². The summed E-state index contributed by atoms with van der Waals surface area (Å²) < 4.78 is 10.9. The monoisotopic (exact) mass is 372 g/mol. The number of aliphatic hydroxyl groups excluding tert-OH is 1. The van der Waals surface area contributed by atoms with Crippen molar-refractivity contribution in [3.05, 3.63) is 0 Å². The highest BCUT2D eigenvalue weighted by molar-refractivity contribution is 4.72. The van der Waals surface area contributed by atoms with E-state index >= 15 is 0 Å². The van der Waals surface area contributed by atoms with Gasteiger partial charge in [0, 0.05) is 25.7 Å². The topological polar surface area (TPSA) is 38.7 Å². The maximum absolute atomic E-state index is 9.42. The van der Waals surface area contributed by atoms with Crippen LogP contribution in [0.5, 0.6) is 0 Å². The van der Waals surface area contributed by atoms with Gasteiger partial charge in [-0.3, -0.25) is 0 Å². The number of hydrogen-bond acceptors (Lipinski definition) is 3. The number of ether oxygens (including phenoxy) is 2. The summed E-state index contributed by atoms with van der Waals surface area (Å²) >= 11 is 0. The Morgan fingerprint density at radius 2 is 1.15 bits per heavy atom. The van der Waals surface area contributed by atoms with Crippen molar-refractivity contribution in [1.29, 1.82) is 0 Å². The van der Waals surface area contributed by atoms with E-state index in [0.29, 0.717) is 6.61 Å². The Bertz CT molecular complexity index is 270. The molecule has 0 aliphatic heterocycles. The van der Waals surface area contributed by atoms with Gasteiger partial charge < -0.3 is 14.6 Å². The molecule has 0 unspecified atom stereocenters. The molecule has 0 spiro atoms. The summed E-state index contributed by atoms with van der Waals surface area (Å²) in [6, 6.07) is 0. The van der Waals surface area contributed by atoms with E-state index in [1.54, 1.807) is 7.11 Å². The summed E-state index contributed by atoms with van der Waals surface area (Å²) in [5.41, 5.74) is -0.162. The lowest BCUT2D eigenvalue weighted by Crippen LogP contribution is -2.28. The van der Waals surface area contributed by atoms with Crippen LogP contribution in [0, 0.1) is 5.41 Å². The summed E-state index contributed by atoms with van der Waals surface area (Å²) in [6.07, 6.45) is 20.3. The zero-order valence-corrected chi connectivity index (χ0v) is 18.2. The molecule has 0 rings (SSSR count). The number of aliphatic hydroxyl groups is 1. The van der Waals surface area contributed by atoms with Gasteiger partial charge in [0.25, 0.3) is 0 Å². The number of unbranched alkanes of at least 4 members (excludes halogenated alkanes) is 13. The fourth-order valence-corrected chi connectivity index (χ4v) is 3.36. The molecule has 1 atom stereocenters. The van der Waals surface area contributed by atoms with Crippen molar-refractivity contribution in [2.75, 3.05) is 33.5 Å². The average Bonchev–Trinajstić information content (AvgIpc) is 2.64. The molecule has 0 radical (unpaired) electrons. The Morgan fingerprint density at radius 3 is 1.58 bits per heavy atom. The van der Waals surface area contributed by atoms with Crippen molar-refractivity contribution in [2.45, 2.75) is 110 Å². The lowest BCUT2D eigenvalue weighted by molar-refractivity contribution is 0.0104. The molecule has 0 aromatic rings. The Balaban J connectivity index is 3.18. The van der Waals surface area contributed by atoms with Crippen LogP contribution < -0.4 is 0 Å². The third-order valence-corrected chi connectivity index (χ3v) is 5.37. The van der Waals surface area contributed by atoms with E-state index < -0.39 is 0 Å². The SMILES string of the molecule is CCCCCCCCCCCCCCCCOCC[C@@](C)(CO)COC. The lowest BCUT2D eigenvalue weighted by Gasteiger charge is -2.25. The maximum Gasteiger partial charge on any atom is 0.0538 e. The van der Waals surface area contributed by atoms with Crippen LogP contribution in [0.1, 0.15) is 110 Å². The highest BCUT2D eigenvalue weighted by Crippen LogP contribution is 2.20. The first-order chi connectivity index (χ1) is 12.7. The van der Waals surface area contributed by atoms with E-state index in [-0.39, 0.29) is 12.0 Å². The zero-order chi connectivity index (χ0) is 19.3. The molecular weight excluding hydrogens is 324 g/mol. The molecule has 0 aromatic heterocycles. The van der Waals surface area contributed by atoms with Gasteiger partial charge in [-0.05, 0) is 12.8 Å². The minimum absolute atomic E-state index is 0.156. The van der Waals surface area contributed by atoms with Gasteiger partial charge in [0.05, 0.1) is 13.2 Å². The molecule has 0 saturated carbocycles. The normalized spacial score (nSPS) is 13.8. The molecule has 0 fully saturated rings. The van der Waals surface area contributed by atoms with Crippen LogP contribution in [0.2, 0.25) is 0 Å². The van der Waals surface area contributed by atoms with Gasteiger partial charge in [0.15, 0.2) is 0 Å². The molecule has 0 aliphatic carbocycles. The summed E-state index contributed by atoms with van der Waals surface area (Å²) in [4.78, 5) is 0. The second-order valence-electron chi connectivity index (χ2n) is 8.36. The third-order valence-electron chi connectivity index (χ3n) is 5.37. The van der Waals surface area contributed by atoms with Crippen LogP contribution in [0.3, 0.4) is 0 Å². The van der Waals surface area contributed by atoms with Gasteiger partial charge in [0.1, 0.15) is 0 Å². The molecule has 0 aliphatic rings. The first kappa shape index (κ1) is 25.9. The summed E-state index contributed by atoms with van der Waals surface area (Å²) in [6.45, 7) is 6.65. The van der Waals surface area contributed by atoms with Crippen LogP contribution in [0.15, 0.2) is 0 Å². The van der Waals surface area contributed by atoms with Gasteiger partial charge in [0.2, 0.25) is 0 Å². The van der Waals surface area contributed by atoms with Gasteiger partial charge in [-0.2, -0.15) is 0 Å². The highest BCUT2D eigenvalue weighted by atomic mass is 16.5. The third kappa shape index (κ3) is 17.3. The zero-order valence-electron chi connectivity index (χ0n) is 18.2. The highest BCUT2D eigenvalue weighted by Gasteiger charge is 2.22. The van der Waals surface area contributed by atoms with Crippen molar-refractivity contribution >= 4 is 0 Å². The van der Waals surface area contributed by atoms with Crippen LogP contribution >= 0.6 is 0 Å². The van der Waals surface area contributed by atoms with Crippen LogP contribution in [-0.4, -0.2) is 38.6 Å². The van der Waals surface area contributed by atoms with Crippen molar-refractivity contribution in [2.24, 2.45) is 5.41 Å². The Labute approximate surface area is 164 Å². The number of hydrogen-bond donors (Lipinski definition) is 1. The van der Waals surface area contributed by atoms with E-state index in [0.717, 1.165) is 26.1 Å². The molecule has 3 heteroatoms. The molecule has 3 nitrogen and oxygen atoms in total. The Hall–Kier alpha value is -0.120. The fraction of sp³-hybridized carbons (Fsp3) is 1.00. The molecular formula is C23H48O3. The first-order valence-corrected chi connectivity index (χ1v) is 11.4. The maximum atomic E-state index is 9.42. The smallest absolute Gasteiger partial charge is 0.0538 e. The van der Waals surface area contributed by atoms with Crippen LogP contribution in [-0.2, 0) is 9.47 Å². The average molecular weight is 373 g/mol. The Kier molecular flexibility index (Phi) is 19.5. The van der Waals surface area contributed by atoms with Crippen molar-refractivity contribution in [1.82, 2.24) is 0 Å². The standard InChI is InChI=1S/C23H48O3/c1-4-5-6-7-8-9-10-11-12-13-14-15-16-17-19-26-20-18-23(2,21-24)22-25-3/h24H,4-22H2,1-3H3/t23-/m0/s1. The van der Waals surface area contributed by atoms with E-state index in [2.05, 4.69) is 6.92 Å². The summed E-state index contributed by atoms with van der Waals surface area (Å²) in [5, 5.41) is 9.42. The molecule has 0 saturated heterocycles. The number of rotatable bonds is 21. The predicted octanol–water partition coefficient (Wildman–Crippen LogP) is 6.52.